The summed E-state index contributed by atoms with van der Waals surface area (Å²) in [6.45, 7) is 5.31. The van der Waals surface area contributed by atoms with E-state index in [0.717, 1.165) is 26.1 Å². The van der Waals surface area contributed by atoms with Gasteiger partial charge in [-0.25, -0.2) is 0 Å². The zero-order valence-corrected chi connectivity index (χ0v) is 9.47. The van der Waals surface area contributed by atoms with Crippen molar-refractivity contribution < 1.29 is 4.74 Å². The second kappa shape index (κ2) is 8.48. The monoisotopic (exact) mass is 188 g/mol. The maximum absolute atomic E-state index is 5.01. The van der Waals surface area contributed by atoms with Gasteiger partial charge in [0.25, 0.3) is 0 Å². The number of nitrogens with one attached hydrogen (secondary N) is 1. The Bertz CT molecular complexity index is 107. The number of ether oxygens (including phenoxy) is 1. The van der Waals surface area contributed by atoms with E-state index in [2.05, 4.69) is 31.2 Å². The van der Waals surface area contributed by atoms with Gasteiger partial charge in [-0.05, 0) is 47.0 Å². The third-order valence-electron chi connectivity index (χ3n) is 2.03. The molecule has 1 unspecified atom stereocenters. The van der Waals surface area contributed by atoms with Gasteiger partial charge in [0.1, 0.15) is 0 Å². The summed E-state index contributed by atoms with van der Waals surface area (Å²) in [4.78, 5) is 2.21. The number of hydrogen-bond acceptors (Lipinski definition) is 3. The van der Waals surface area contributed by atoms with Crippen LogP contribution in [0, 0.1) is 0 Å². The number of hydrogen-bond donors (Lipinski definition) is 1. The highest BCUT2D eigenvalue weighted by Gasteiger charge is 1.99. The lowest BCUT2D eigenvalue weighted by Gasteiger charge is -2.14. The van der Waals surface area contributed by atoms with Crippen LogP contribution in [0.1, 0.15) is 19.8 Å². The molecule has 13 heavy (non-hydrogen) atoms. The Morgan fingerprint density at radius 3 is 2.62 bits per heavy atom. The van der Waals surface area contributed by atoms with Gasteiger partial charge < -0.3 is 15.0 Å². The van der Waals surface area contributed by atoms with Crippen molar-refractivity contribution in [2.75, 3.05) is 40.9 Å². The zero-order valence-electron chi connectivity index (χ0n) is 9.47. The Morgan fingerprint density at radius 2 is 2.08 bits per heavy atom. The summed E-state index contributed by atoms with van der Waals surface area (Å²) in [7, 11) is 5.96. The fourth-order valence-electron chi connectivity index (χ4n) is 1.14. The van der Waals surface area contributed by atoms with Crippen LogP contribution in [-0.4, -0.2) is 51.8 Å². The van der Waals surface area contributed by atoms with Gasteiger partial charge in [0.15, 0.2) is 0 Å². The molecule has 0 aromatic heterocycles. The molecule has 0 spiro atoms. The van der Waals surface area contributed by atoms with E-state index in [1.807, 2.05) is 0 Å². The summed E-state index contributed by atoms with van der Waals surface area (Å²) in [6.07, 6.45) is 2.31. The van der Waals surface area contributed by atoms with Crippen molar-refractivity contribution in [2.45, 2.75) is 25.8 Å². The minimum atomic E-state index is 0.571. The van der Waals surface area contributed by atoms with Crippen molar-refractivity contribution in [1.29, 1.82) is 0 Å². The van der Waals surface area contributed by atoms with Crippen LogP contribution in [0.3, 0.4) is 0 Å². The van der Waals surface area contributed by atoms with Crippen LogP contribution >= 0.6 is 0 Å². The average Bonchev–Trinajstić information content (AvgIpc) is 2.08. The SMILES string of the molecule is COCCC(C)NCCCN(C)C. The highest BCUT2D eigenvalue weighted by molar-refractivity contribution is 4.60. The van der Waals surface area contributed by atoms with Crippen LogP contribution in [0.2, 0.25) is 0 Å². The molecule has 0 aliphatic carbocycles. The van der Waals surface area contributed by atoms with Crippen molar-refractivity contribution in [3.05, 3.63) is 0 Å². The number of methoxy groups -OCH3 is 1. The third kappa shape index (κ3) is 9.80. The van der Waals surface area contributed by atoms with Gasteiger partial charge in [-0.2, -0.15) is 0 Å². The number of nitrogens with zero attached hydrogens (tertiary/aromatic N) is 1. The van der Waals surface area contributed by atoms with E-state index in [-0.39, 0.29) is 0 Å². The lowest BCUT2D eigenvalue weighted by atomic mass is 10.2. The highest BCUT2D eigenvalue weighted by Crippen LogP contribution is 1.91. The van der Waals surface area contributed by atoms with Gasteiger partial charge in [0.2, 0.25) is 0 Å². The standard InChI is InChI=1S/C10H24N2O/c1-10(6-9-13-4)11-7-5-8-12(2)3/h10-11H,5-9H2,1-4H3. The minimum absolute atomic E-state index is 0.571. The normalized spacial score (nSPS) is 13.6. The molecule has 1 N–H and O–H groups in total. The van der Waals surface area contributed by atoms with E-state index in [1.54, 1.807) is 7.11 Å². The fourth-order valence-corrected chi connectivity index (χ4v) is 1.14. The first-order chi connectivity index (χ1) is 6.16. The molecule has 0 aliphatic heterocycles. The zero-order chi connectivity index (χ0) is 10.1. The average molecular weight is 188 g/mol. The topological polar surface area (TPSA) is 24.5 Å². The smallest absolute Gasteiger partial charge is 0.0476 e. The lowest BCUT2D eigenvalue weighted by Crippen LogP contribution is -2.29. The summed E-state index contributed by atoms with van der Waals surface area (Å²) < 4.78 is 5.01. The summed E-state index contributed by atoms with van der Waals surface area (Å²) in [5.74, 6) is 0. The van der Waals surface area contributed by atoms with E-state index in [0.29, 0.717) is 6.04 Å². The summed E-state index contributed by atoms with van der Waals surface area (Å²) >= 11 is 0. The molecule has 0 heterocycles. The van der Waals surface area contributed by atoms with Crippen LogP contribution in [-0.2, 0) is 4.74 Å². The molecular formula is C10H24N2O. The first kappa shape index (κ1) is 12.9. The number of rotatable bonds is 8. The maximum atomic E-state index is 5.01. The molecule has 80 valence electrons. The van der Waals surface area contributed by atoms with Crippen molar-refractivity contribution in [3.8, 4) is 0 Å². The van der Waals surface area contributed by atoms with Crippen molar-refractivity contribution in [1.82, 2.24) is 10.2 Å². The van der Waals surface area contributed by atoms with Crippen LogP contribution in [0.5, 0.6) is 0 Å². The first-order valence-electron chi connectivity index (χ1n) is 5.04. The van der Waals surface area contributed by atoms with Crippen LogP contribution < -0.4 is 5.32 Å². The molecule has 0 aromatic carbocycles. The van der Waals surface area contributed by atoms with Crippen LogP contribution in [0.25, 0.3) is 0 Å². The van der Waals surface area contributed by atoms with Gasteiger partial charge >= 0.3 is 0 Å². The quantitative estimate of drug-likeness (QED) is 0.574. The van der Waals surface area contributed by atoms with Crippen molar-refractivity contribution in [2.24, 2.45) is 0 Å². The molecule has 0 radical (unpaired) electrons. The minimum Gasteiger partial charge on any atom is -0.385 e. The molecule has 3 heteroatoms. The van der Waals surface area contributed by atoms with E-state index < -0.39 is 0 Å². The van der Waals surface area contributed by atoms with Crippen LogP contribution in [0.4, 0.5) is 0 Å². The largest absolute Gasteiger partial charge is 0.385 e. The van der Waals surface area contributed by atoms with E-state index in [1.165, 1.54) is 6.42 Å². The summed E-state index contributed by atoms with van der Waals surface area (Å²) in [6, 6.07) is 0.571. The maximum Gasteiger partial charge on any atom is 0.0476 e. The molecule has 0 fully saturated rings. The molecule has 0 amide bonds. The Balaban J connectivity index is 3.12. The Morgan fingerprint density at radius 1 is 1.38 bits per heavy atom. The van der Waals surface area contributed by atoms with Gasteiger partial charge in [-0.15, -0.1) is 0 Å². The Kier molecular flexibility index (Phi) is 8.40. The van der Waals surface area contributed by atoms with Crippen molar-refractivity contribution in [3.63, 3.8) is 0 Å². The predicted octanol–water partition coefficient (Wildman–Crippen LogP) is 0.953. The molecule has 0 aliphatic rings. The second-order valence-corrected chi connectivity index (χ2v) is 3.79. The van der Waals surface area contributed by atoms with Gasteiger partial charge in [-0.3, -0.25) is 0 Å². The van der Waals surface area contributed by atoms with Crippen LogP contribution in [0.15, 0.2) is 0 Å². The van der Waals surface area contributed by atoms with Gasteiger partial charge in [0.05, 0.1) is 0 Å². The Labute approximate surface area is 82.4 Å². The molecule has 0 bridgehead atoms. The van der Waals surface area contributed by atoms with E-state index in [9.17, 15) is 0 Å². The molecule has 0 saturated carbocycles. The molecule has 0 saturated heterocycles. The van der Waals surface area contributed by atoms with Gasteiger partial charge in [-0.1, -0.05) is 0 Å². The highest BCUT2D eigenvalue weighted by atomic mass is 16.5. The Hall–Kier alpha value is -0.120. The molecule has 0 aromatic rings. The van der Waals surface area contributed by atoms with E-state index >= 15 is 0 Å². The molecule has 0 rings (SSSR count). The van der Waals surface area contributed by atoms with Gasteiger partial charge in [0, 0.05) is 19.8 Å². The second-order valence-electron chi connectivity index (χ2n) is 3.79. The summed E-state index contributed by atoms with van der Waals surface area (Å²) in [5, 5.41) is 3.47. The molecule has 3 nitrogen and oxygen atoms in total. The third-order valence-corrected chi connectivity index (χ3v) is 2.03. The lowest BCUT2D eigenvalue weighted by molar-refractivity contribution is 0.184. The fraction of sp³-hybridized carbons (Fsp3) is 1.00. The molecular weight excluding hydrogens is 164 g/mol. The predicted molar refractivity (Wildman–Crippen MR) is 57.1 cm³/mol. The van der Waals surface area contributed by atoms with Crippen molar-refractivity contribution >= 4 is 0 Å². The molecule has 1 atom stereocenters. The van der Waals surface area contributed by atoms with E-state index in [4.69, 9.17) is 4.74 Å². The summed E-state index contributed by atoms with van der Waals surface area (Å²) in [5.41, 5.74) is 0. The first-order valence-corrected chi connectivity index (χ1v) is 5.04.